The molecule has 0 aromatic rings. The maximum atomic E-state index is 5.78. The van der Waals surface area contributed by atoms with Gasteiger partial charge in [0.2, 0.25) is 0 Å². The first kappa shape index (κ1) is 10.3. The fourth-order valence-corrected chi connectivity index (χ4v) is 1.75. The molecule has 13 heavy (non-hydrogen) atoms. The zero-order chi connectivity index (χ0) is 9.68. The maximum Gasteiger partial charge on any atom is 0.118 e. The molecule has 0 spiro atoms. The van der Waals surface area contributed by atoms with E-state index in [2.05, 4.69) is 4.99 Å². The Morgan fingerprint density at radius 1 is 1.23 bits per heavy atom. The monoisotopic (exact) mass is 180 g/mol. The van der Waals surface area contributed by atoms with Crippen LogP contribution in [0.25, 0.3) is 0 Å². The number of nitrogens with zero attached hydrogens (tertiary/aromatic N) is 1. The van der Waals surface area contributed by atoms with Gasteiger partial charge in [-0.3, -0.25) is 4.99 Å². The molecule has 2 nitrogen and oxygen atoms in total. The minimum absolute atomic E-state index is 0.490. The summed E-state index contributed by atoms with van der Waals surface area (Å²) in [6, 6.07) is 0.490. The zero-order valence-corrected chi connectivity index (χ0v) is 8.71. The predicted octanol–water partition coefficient (Wildman–Crippen LogP) is 2.64. The summed E-state index contributed by atoms with van der Waals surface area (Å²) in [6.45, 7) is 4.09. The van der Waals surface area contributed by atoms with Crippen LogP contribution in [0.5, 0.6) is 0 Å². The van der Waals surface area contributed by atoms with Crippen molar-refractivity contribution in [2.24, 2.45) is 10.7 Å². The Morgan fingerprint density at radius 3 is 2.38 bits per heavy atom. The van der Waals surface area contributed by atoms with Gasteiger partial charge in [0.1, 0.15) is 5.84 Å². The summed E-state index contributed by atoms with van der Waals surface area (Å²) in [5.41, 5.74) is 7.00. The molecule has 1 aliphatic rings. The van der Waals surface area contributed by atoms with Crippen molar-refractivity contribution in [1.82, 2.24) is 0 Å². The molecule has 1 fully saturated rings. The van der Waals surface area contributed by atoms with Gasteiger partial charge in [-0.15, -0.1) is 0 Å². The van der Waals surface area contributed by atoms with Crippen LogP contribution in [0.4, 0.5) is 0 Å². The van der Waals surface area contributed by atoms with Gasteiger partial charge in [0.05, 0.1) is 6.04 Å². The molecule has 0 heterocycles. The summed E-state index contributed by atoms with van der Waals surface area (Å²) < 4.78 is 0. The summed E-state index contributed by atoms with van der Waals surface area (Å²) in [7, 11) is 0. The molecule has 0 aromatic heterocycles. The fraction of sp³-hybridized carbons (Fsp3) is 0.727. The largest absolute Gasteiger partial charge is 0.384 e. The molecule has 0 aliphatic heterocycles. The lowest BCUT2D eigenvalue weighted by molar-refractivity contribution is 0.443. The van der Waals surface area contributed by atoms with E-state index in [1.165, 1.54) is 37.7 Å². The Hall–Kier alpha value is -0.790. The molecule has 0 bridgehead atoms. The van der Waals surface area contributed by atoms with Crippen LogP contribution in [0.1, 0.15) is 46.0 Å². The second-order valence-electron chi connectivity index (χ2n) is 4.07. The summed E-state index contributed by atoms with van der Waals surface area (Å²) in [6.07, 6.45) is 8.39. The van der Waals surface area contributed by atoms with E-state index < -0.39 is 0 Å². The van der Waals surface area contributed by atoms with Gasteiger partial charge in [0.25, 0.3) is 0 Å². The Bertz CT molecular complexity index is 206. The maximum absolute atomic E-state index is 5.78. The van der Waals surface area contributed by atoms with E-state index in [0.29, 0.717) is 11.9 Å². The number of amidine groups is 1. The molecule has 2 heteroatoms. The Labute approximate surface area is 80.9 Å². The number of hydrogen-bond acceptors (Lipinski definition) is 1. The van der Waals surface area contributed by atoms with Crippen molar-refractivity contribution in [3.8, 4) is 0 Å². The topological polar surface area (TPSA) is 38.4 Å². The highest BCUT2D eigenvalue weighted by atomic mass is 14.9. The normalized spacial score (nSPS) is 20.0. The zero-order valence-electron chi connectivity index (χ0n) is 8.71. The van der Waals surface area contributed by atoms with Gasteiger partial charge in [0, 0.05) is 0 Å². The SMILES string of the molecule is CC(C)=CC(N)=NC1CCCCC1. The van der Waals surface area contributed by atoms with E-state index in [1.54, 1.807) is 0 Å². The molecule has 1 saturated carbocycles. The van der Waals surface area contributed by atoms with E-state index >= 15 is 0 Å². The minimum Gasteiger partial charge on any atom is -0.384 e. The van der Waals surface area contributed by atoms with Crippen molar-refractivity contribution in [3.05, 3.63) is 11.6 Å². The number of aliphatic imine (C=N–C) groups is 1. The molecular formula is C11H20N2. The number of allylic oxidation sites excluding steroid dienone is 1. The highest BCUT2D eigenvalue weighted by Gasteiger charge is 2.11. The van der Waals surface area contributed by atoms with Crippen LogP contribution in [-0.2, 0) is 0 Å². The summed E-state index contributed by atoms with van der Waals surface area (Å²) in [4.78, 5) is 4.49. The van der Waals surface area contributed by atoms with Crippen LogP contribution >= 0.6 is 0 Å². The second kappa shape index (κ2) is 5.05. The first-order valence-electron chi connectivity index (χ1n) is 5.16. The molecule has 0 unspecified atom stereocenters. The molecule has 0 amide bonds. The molecule has 0 aromatic carbocycles. The van der Waals surface area contributed by atoms with Crippen molar-refractivity contribution in [2.75, 3.05) is 0 Å². The van der Waals surface area contributed by atoms with E-state index in [-0.39, 0.29) is 0 Å². The van der Waals surface area contributed by atoms with Crippen LogP contribution < -0.4 is 5.73 Å². The quantitative estimate of drug-likeness (QED) is 0.515. The fourth-order valence-electron chi connectivity index (χ4n) is 1.75. The van der Waals surface area contributed by atoms with Crippen LogP contribution in [0.15, 0.2) is 16.6 Å². The first-order chi connectivity index (χ1) is 6.18. The molecule has 0 atom stereocenters. The average molecular weight is 180 g/mol. The molecule has 74 valence electrons. The molecule has 1 rings (SSSR count). The summed E-state index contributed by atoms with van der Waals surface area (Å²) in [5, 5.41) is 0. The lowest BCUT2D eigenvalue weighted by Crippen LogP contribution is -2.17. The third-order valence-electron chi connectivity index (χ3n) is 2.34. The number of rotatable bonds is 2. The van der Waals surface area contributed by atoms with Gasteiger partial charge >= 0.3 is 0 Å². The standard InChI is InChI=1S/C11H20N2/c1-9(2)8-11(12)13-10-6-4-3-5-7-10/h8,10H,3-7H2,1-2H3,(H2,12,13). The van der Waals surface area contributed by atoms with Gasteiger partial charge in [0.15, 0.2) is 0 Å². The minimum atomic E-state index is 0.490. The van der Waals surface area contributed by atoms with Crippen molar-refractivity contribution in [3.63, 3.8) is 0 Å². The van der Waals surface area contributed by atoms with Crippen LogP contribution in [-0.4, -0.2) is 11.9 Å². The highest BCUT2D eigenvalue weighted by Crippen LogP contribution is 2.20. The van der Waals surface area contributed by atoms with Gasteiger partial charge in [-0.05, 0) is 32.8 Å². The second-order valence-corrected chi connectivity index (χ2v) is 4.07. The van der Waals surface area contributed by atoms with Crippen LogP contribution in [0, 0.1) is 0 Å². The third kappa shape index (κ3) is 4.11. The van der Waals surface area contributed by atoms with Crippen molar-refractivity contribution in [1.29, 1.82) is 0 Å². The molecule has 0 saturated heterocycles. The van der Waals surface area contributed by atoms with E-state index in [0.717, 1.165) is 0 Å². The molecule has 0 radical (unpaired) electrons. The molecular weight excluding hydrogens is 160 g/mol. The van der Waals surface area contributed by atoms with Crippen LogP contribution in [0.3, 0.4) is 0 Å². The summed E-state index contributed by atoms with van der Waals surface area (Å²) >= 11 is 0. The van der Waals surface area contributed by atoms with Gasteiger partial charge < -0.3 is 5.73 Å². The van der Waals surface area contributed by atoms with Crippen molar-refractivity contribution >= 4 is 5.84 Å². The molecule has 2 N–H and O–H groups in total. The smallest absolute Gasteiger partial charge is 0.118 e. The van der Waals surface area contributed by atoms with E-state index in [1.807, 2.05) is 19.9 Å². The lowest BCUT2D eigenvalue weighted by Gasteiger charge is -2.17. The lowest BCUT2D eigenvalue weighted by atomic mass is 9.96. The molecule has 1 aliphatic carbocycles. The Morgan fingerprint density at radius 2 is 1.85 bits per heavy atom. The van der Waals surface area contributed by atoms with Crippen molar-refractivity contribution < 1.29 is 0 Å². The van der Waals surface area contributed by atoms with Crippen molar-refractivity contribution in [2.45, 2.75) is 52.0 Å². The highest BCUT2D eigenvalue weighted by molar-refractivity contribution is 5.92. The predicted molar refractivity (Wildman–Crippen MR) is 57.9 cm³/mol. The number of nitrogens with two attached hydrogens (primary N) is 1. The summed E-state index contributed by atoms with van der Waals surface area (Å²) in [5.74, 6) is 0.701. The van der Waals surface area contributed by atoms with Gasteiger partial charge in [-0.1, -0.05) is 24.8 Å². The Balaban J connectivity index is 2.48. The van der Waals surface area contributed by atoms with Crippen LogP contribution in [0.2, 0.25) is 0 Å². The van der Waals surface area contributed by atoms with Gasteiger partial charge in [-0.25, -0.2) is 0 Å². The Kier molecular flexibility index (Phi) is 4.00. The first-order valence-corrected chi connectivity index (χ1v) is 5.16. The average Bonchev–Trinajstić information content (AvgIpc) is 2.04. The third-order valence-corrected chi connectivity index (χ3v) is 2.34. The van der Waals surface area contributed by atoms with E-state index in [9.17, 15) is 0 Å². The number of hydrogen-bond donors (Lipinski definition) is 1. The van der Waals surface area contributed by atoms with E-state index in [4.69, 9.17) is 5.73 Å². The van der Waals surface area contributed by atoms with Gasteiger partial charge in [-0.2, -0.15) is 0 Å².